The van der Waals surface area contributed by atoms with E-state index in [0.29, 0.717) is 0 Å². The molecule has 2 atom stereocenters. The van der Waals surface area contributed by atoms with Gasteiger partial charge in [-0.3, -0.25) is 0 Å². The van der Waals surface area contributed by atoms with Crippen LogP contribution < -0.4 is 0 Å². The summed E-state index contributed by atoms with van der Waals surface area (Å²) in [5.74, 6) is 6.62. The minimum absolute atomic E-state index is 0.764. The van der Waals surface area contributed by atoms with E-state index in [1.165, 1.54) is 57.8 Å². The zero-order valence-corrected chi connectivity index (χ0v) is 26.3. The van der Waals surface area contributed by atoms with Crippen molar-refractivity contribution in [3.8, 4) is 0 Å². The second kappa shape index (κ2) is 11.1. The minimum atomic E-state index is 0.764. The van der Waals surface area contributed by atoms with E-state index in [0.717, 1.165) is 57.2 Å². The van der Waals surface area contributed by atoms with Crippen molar-refractivity contribution in [3.63, 3.8) is 0 Å². The van der Waals surface area contributed by atoms with Gasteiger partial charge in [0.2, 0.25) is 0 Å². The average Bonchev–Trinajstić information content (AvgIpc) is 2.87. The molecule has 0 N–H and O–H groups in total. The maximum absolute atomic E-state index is 2.56. The molecule has 0 spiro atoms. The molecule has 0 heterocycles. The predicted octanol–water partition coefficient (Wildman–Crippen LogP) is 12.0. The predicted molar refractivity (Wildman–Crippen MR) is 162 cm³/mol. The fourth-order valence-corrected chi connectivity index (χ4v) is 12.9. The summed E-state index contributed by atoms with van der Waals surface area (Å²) >= 11 is 0. The summed E-state index contributed by atoms with van der Waals surface area (Å²) in [6.07, 6.45) is 32.2. The lowest BCUT2D eigenvalue weighted by Gasteiger charge is -2.62. The van der Waals surface area contributed by atoms with Gasteiger partial charge in [0.15, 0.2) is 0 Å². The Morgan fingerprint density at radius 3 is 1.08 bits per heavy atom. The molecule has 0 heteroatoms. The molecule has 0 aromatic rings. The summed E-state index contributed by atoms with van der Waals surface area (Å²) in [4.78, 5) is 0. The molecule has 0 aromatic heterocycles. The fraction of sp³-hybridized carbons (Fsp3) is 1.00. The molecule has 0 radical (unpaired) electrons. The number of hydrogen-bond donors (Lipinski definition) is 0. The molecule has 2 unspecified atom stereocenters. The highest BCUT2D eigenvalue weighted by Gasteiger charge is 2.56. The zero-order chi connectivity index (χ0) is 26.3. The standard InChI is InChI=1S/C14H24.C13H22.C10H20/c1-3-13-6-11-5-12(7-13)9-14(4-2,8-11)10-13;1-3-13-7-10-4-11(8-13)6-12(2,5-10)9-13;1-3-9-5-7-10(4-2)8-6-9/h11-12H,3-10H2,1-2H3;10-11H,3-9H2,1-2H3;9-10H,3-8H2,1-2H3. The van der Waals surface area contributed by atoms with Crippen molar-refractivity contribution in [1.29, 1.82) is 0 Å². The van der Waals surface area contributed by atoms with Gasteiger partial charge in [-0.2, -0.15) is 0 Å². The van der Waals surface area contributed by atoms with Crippen molar-refractivity contribution < 1.29 is 0 Å². The topological polar surface area (TPSA) is 0 Å². The van der Waals surface area contributed by atoms with Gasteiger partial charge in [0.25, 0.3) is 0 Å². The van der Waals surface area contributed by atoms with Crippen LogP contribution in [0.1, 0.15) is 176 Å². The summed E-state index contributed by atoms with van der Waals surface area (Å²) in [5.41, 5.74) is 3.18. The van der Waals surface area contributed by atoms with E-state index in [4.69, 9.17) is 0 Å². The van der Waals surface area contributed by atoms with E-state index in [-0.39, 0.29) is 0 Å². The van der Waals surface area contributed by atoms with E-state index in [1.807, 2.05) is 0 Å². The van der Waals surface area contributed by atoms with Crippen LogP contribution in [0.3, 0.4) is 0 Å². The molecule has 0 nitrogen and oxygen atoms in total. The normalized spacial score (nSPS) is 50.8. The van der Waals surface area contributed by atoms with Crippen LogP contribution in [0.15, 0.2) is 0 Å². The van der Waals surface area contributed by atoms with Crippen molar-refractivity contribution in [1.82, 2.24) is 0 Å². The highest BCUT2D eigenvalue weighted by atomic mass is 14.6. The fourth-order valence-electron chi connectivity index (χ4n) is 12.9. The first-order chi connectivity index (χ1) is 17.7. The van der Waals surface area contributed by atoms with E-state index < -0.39 is 0 Å². The monoisotopic (exact) mass is 511 g/mol. The third-order valence-electron chi connectivity index (χ3n) is 14.1. The third kappa shape index (κ3) is 6.04. The first-order valence-electron chi connectivity index (χ1n) is 17.7. The first-order valence-corrected chi connectivity index (χ1v) is 17.7. The lowest BCUT2D eigenvalue weighted by atomic mass is 9.43. The van der Waals surface area contributed by atoms with Gasteiger partial charge in [0.05, 0.1) is 0 Å². The van der Waals surface area contributed by atoms with E-state index in [2.05, 4.69) is 41.5 Å². The Labute approximate surface area is 233 Å². The molecule has 37 heavy (non-hydrogen) atoms. The Balaban J connectivity index is 0.000000116. The van der Waals surface area contributed by atoms with Gasteiger partial charge in [-0.1, -0.05) is 99.3 Å². The molecule has 0 aliphatic heterocycles. The molecule has 214 valence electrons. The van der Waals surface area contributed by atoms with Crippen molar-refractivity contribution in [3.05, 3.63) is 0 Å². The van der Waals surface area contributed by atoms with Crippen LogP contribution in [0.25, 0.3) is 0 Å². The second-order valence-electron chi connectivity index (χ2n) is 17.0. The van der Waals surface area contributed by atoms with Crippen LogP contribution in [0.2, 0.25) is 0 Å². The SMILES string of the molecule is CCC12CC3CC(C1)CC(CC)(C3)C2.CCC12CC3CC(CC(C)(C3)C1)C2.CCC1CCC(CC)CC1. The van der Waals surface area contributed by atoms with Crippen LogP contribution in [0.5, 0.6) is 0 Å². The number of hydrogen-bond acceptors (Lipinski definition) is 0. The van der Waals surface area contributed by atoms with Gasteiger partial charge in [-0.05, 0) is 134 Å². The molecule has 9 fully saturated rings. The molecule has 9 aliphatic carbocycles. The van der Waals surface area contributed by atoms with E-state index in [9.17, 15) is 0 Å². The van der Waals surface area contributed by atoms with Gasteiger partial charge in [0.1, 0.15) is 0 Å². The van der Waals surface area contributed by atoms with Gasteiger partial charge in [0, 0.05) is 0 Å². The van der Waals surface area contributed by atoms with Gasteiger partial charge in [-0.25, -0.2) is 0 Å². The molecule has 0 aromatic carbocycles. The largest absolute Gasteiger partial charge is 0.0651 e. The summed E-state index contributed by atoms with van der Waals surface area (Å²) < 4.78 is 0. The van der Waals surface area contributed by atoms with Gasteiger partial charge < -0.3 is 0 Å². The Bertz CT molecular complexity index is 675. The van der Waals surface area contributed by atoms with E-state index in [1.54, 1.807) is 77.0 Å². The van der Waals surface area contributed by atoms with Crippen LogP contribution in [-0.4, -0.2) is 0 Å². The summed E-state index contributed by atoms with van der Waals surface area (Å²) in [5, 5.41) is 0. The molecule has 9 saturated carbocycles. The highest BCUT2D eigenvalue weighted by Crippen LogP contribution is 2.67. The van der Waals surface area contributed by atoms with Crippen molar-refractivity contribution in [2.24, 2.45) is 57.2 Å². The number of rotatable bonds is 5. The lowest BCUT2D eigenvalue weighted by molar-refractivity contribution is -0.113. The first kappa shape index (κ1) is 28.5. The van der Waals surface area contributed by atoms with Crippen LogP contribution >= 0.6 is 0 Å². The maximum atomic E-state index is 2.56. The molecule has 0 saturated heterocycles. The maximum Gasteiger partial charge on any atom is -0.0290 e. The van der Waals surface area contributed by atoms with Crippen LogP contribution in [0, 0.1) is 57.2 Å². The zero-order valence-electron chi connectivity index (χ0n) is 26.3. The molecule has 8 bridgehead atoms. The molecule has 9 aliphatic rings. The molecule has 0 amide bonds. The Kier molecular flexibility index (Phi) is 8.57. The van der Waals surface area contributed by atoms with Gasteiger partial charge >= 0.3 is 0 Å². The van der Waals surface area contributed by atoms with Crippen molar-refractivity contribution in [2.45, 2.75) is 176 Å². The molecular weight excluding hydrogens is 444 g/mol. The summed E-state index contributed by atoms with van der Waals surface area (Å²) in [7, 11) is 0. The van der Waals surface area contributed by atoms with Crippen molar-refractivity contribution in [2.75, 3.05) is 0 Å². The Morgan fingerprint density at radius 1 is 0.459 bits per heavy atom. The average molecular weight is 511 g/mol. The minimum Gasteiger partial charge on any atom is -0.0651 e. The van der Waals surface area contributed by atoms with Crippen LogP contribution in [0.4, 0.5) is 0 Å². The second-order valence-corrected chi connectivity index (χ2v) is 17.0. The summed E-state index contributed by atoms with van der Waals surface area (Å²) in [6, 6.07) is 0. The molecular formula is C37H66. The van der Waals surface area contributed by atoms with Crippen LogP contribution in [-0.2, 0) is 0 Å². The smallest absolute Gasteiger partial charge is 0.0290 e. The molecule has 9 rings (SSSR count). The third-order valence-corrected chi connectivity index (χ3v) is 14.1. The van der Waals surface area contributed by atoms with Gasteiger partial charge in [-0.15, -0.1) is 0 Å². The lowest BCUT2D eigenvalue weighted by Crippen LogP contribution is -2.51. The Hall–Kier alpha value is 0. The quantitative estimate of drug-likeness (QED) is 0.345. The van der Waals surface area contributed by atoms with E-state index >= 15 is 0 Å². The highest BCUT2D eigenvalue weighted by molar-refractivity contribution is 5.07. The van der Waals surface area contributed by atoms with Crippen molar-refractivity contribution >= 4 is 0 Å². The summed E-state index contributed by atoms with van der Waals surface area (Å²) in [6.45, 7) is 14.5. The Morgan fingerprint density at radius 2 is 0.784 bits per heavy atom.